The number of rotatable bonds is 4. The first-order valence-electron chi connectivity index (χ1n) is 11.3. The van der Waals surface area contributed by atoms with E-state index in [1.165, 1.54) is 65.6 Å². The van der Waals surface area contributed by atoms with Gasteiger partial charge in [0.25, 0.3) is 0 Å². The normalized spacial score (nSPS) is 22.8. The van der Waals surface area contributed by atoms with E-state index >= 15 is 0 Å². The molecule has 3 heteroatoms. The molecule has 1 atom stereocenters. The maximum Gasteiger partial charge on any atom is 0.124 e. The van der Waals surface area contributed by atoms with Crippen molar-refractivity contribution in [2.24, 2.45) is 0 Å². The maximum absolute atomic E-state index is 10.1. The fourth-order valence-corrected chi connectivity index (χ4v) is 5.34. The Morgan fingerprint density at radius 1 is 1.00 bits per heavy atom. The van der Waals surface area contributed by atoms with Crippen molar-refractivity contribution in [3.05, 3.63) is 70.8 Å². The lowest BCUT2D eigenvalue weighted by Crippen LogP contribution is -2.33. The molecule has 1 aliphatic carbocycles. The second-order valence-corrected chi connectivity index (χ2v) is 8.95. The van der Waals surface area contributed by atoms with E-state index in [9.17, 15) is 5.11 Å². The molecule has 0 spiro atoms. The minimum Gasteiger partial charge on any atom is -0.374 e. The molecule has 5 rings (SSSR count). The van der Waals surface area contributed by atoms with E-state index in [0.717, 1.165) is 32.5 Å². The summed E-state index contributed by atoms with van der Waals surface area (Å²) in [6.45, 7) is 3.34. The number of benzene rings is 2. The van der Waals surface area contributed by atoms with Crippen LogP contribution in [0.3, 0.4) is 0 Å². The summed E-state index contributed by atoms with van der Waals surface area (Å²) >= 11 is 0. The van der Waals surface area contributed by atoms with Gasteiger partial charge in [0.05, 0.1) is 0 Å². The zero-order valence-electron chi connectivity index (χ0n) is 17.2. The molecule has 0 bridgehead atoms. The van der Waals surface area contributed by atoms with Crippen LogP contribution in [-0.2, 0) is 13.0 Å². The van der Waals surface area contributed by atoms with Gasteiger partial charge in [-0.05, 0) is 91.8 Å². The highest BCUT2D eigenvalue weighted by atomic mass is 16.3. The van der Waals surface area contributed by atoms with Gasteiger partial charge in [-0.3, -0.25) is 4.90 Å². The highest BCUT2D eigenvalue weighted by molar-refractivity contribution is 5.67. The van der Waals surface area contributed by atoms with Crippen LogP contribution in [0.1, 0.15) is 66.7 Å². The van der Waals surface area contributed by atoms with Gasteiger partial charge < -0.3 is 10.4 Å². The van der Waals surface area contributed by atoms with Gasteiger partial charge in [-0.1, -0.05) is 48.5 Å². The highest BCUT2D eigenvalue weighted by Gasteiger charge is 2.26. The summed E-state index contributed by atoms with van der Waals surface area (Å²) in [6, 6.07) is 15.9. The van der Waals surface area contributed by atoms with Crippen LogP contribution in [0.2, 0.25) is 0 Å². The molecule has 2 aliphatic heterocycles. The fraction of sp³-hybridized carbons (Fsp3) is 0.462. The summed E-state index contributed by atoms with van der Waals surface area (Å²) < 4.78 is 0. The monoisotopic (exact) mass is 388 g/mol. The quantitative estimate of drug-likeness (QED) is 0.745. The van der Waals surface area contributed by atoms with Crippen molar-refractivity contribution in [3.63, 3.8) is 0 Å². The molecule has 0 aromatic heterocycles. The largest absolute Gasteiger partial charge is 0.374 e. The zero-order valence-corrected chi connectivity index (χ0v) is 17.2. The van der Waals surface area contributed by atoms with Gasteiger partial charge >= 0.3 is 0 Å². The number of nitrogens with one attached hydrogen (secondary N) is 1. The number of aliphatic hydroxyl groups excluding tert-OH is 1. The van der Waals surface area contributed by atoms with Crippen molar-refractivity contribution < 1.29 is 5.11 Å². The summed E-state index contributed by atoms with van der Waals surface area (Å²) in [4.78, 5) is 2.61. The second-order valence-electron chi connectivity index (χ2n) is 8.95. The average molecular weight is 389 g/mol. The SMILES string of the molecule is OC1CCc2cccc(C3CCN(Cc4cccc(C5=CCCC5)c4)CC3)c2N1. The van der Waals surface area contributed by atoms with Gasteiger partial charge in [-0.15, -0.1) is 0 Å². The van der Waals surface area contributed by atoms with Crippen LogP contribution in [0.15, 0.2) is 48.5 Å². The van der Waals surface area contributed by atoms with E-state index in [1.54, 1.807) is 0 Å². The Morgan fingerprint density at radius 2 is 1.86 bits per heavy atom. The molecule has 2 aromatic carbocycles. The van der Waals surface area contributed by atoms with Crippen LogP contribution in [0.25, 0.3) is 5.57 Å². The lowest BCUT2D eigenvalue weighted by molar-refractivity contribution is 0.187. The van der Waals surface area contributed by atoms with Crippen LogP contribution in [0, 0.1) is 0 Å². The summed E-state index contributed by atoms with van der Waals surface area (Å²) in [5.41, 5.74) is 8.40. The Kier molecular flexibility index (Phi) is 5.43. The van der Waals surface area contributed by atoms with Crippen molar-refractivity contribution in [2.75, 3.05) is 18.4 Å². The van der Waals surface area contributed by atoms with Crippen molar-refractivity contribution in [1.82, 2.24) is 4.90 Å². The molecule has 2 N–H and O–H groups in total. The van der Waals surface area contributed by atoms with Crippen molar-refractivity contribution in [3.8, 4) is 0 Å². The molecular weight excluding hydrogens is 356 g/mol. The van der Waals surface area contributed by atoms with E-state index in [2.05, 4.69) is 58.8 Å². The molecule has 3 nitrogen and oxygen atoms in total. The van der Waals surface area contributed by atoms with Gasteiger partial charge in [0, 0.05) is 12.2 Å². The topological polar surface area (TPSA) is 35.5 Å². The van der Waals surface area contributed by atoms with Gasteiger partial charge in [0.15, 0.2) is 0 Å². The third-order valence-electron chi connectivity index (χ3n) is 6.95. The van der Waals surface area contributed by atoms with Crippen molar-refractivity contribution in [1.29, 1.82) is 0 Å². The number of aliphatic hydroxyl groups is 1. The molecule has 0 amide bonds. The highest BCUT2D eigenvalue weighted by Crippen LogP contribution is 2.37. The number of aryl methyl sites for hydroxylation is 1. The minimum atomic E-state index is -0.397. The van der Waals surface area contributed by atoms with Gasteiger partial charge in [0.2, 0.25) is 0 Å². The maximum atomic E-state index is 10.1. The van der Waals surface area contributed by atoms with Gasteiger partial charge in [-0.2, -0.15) is 0 Å². The molecule has 152 valence electrons. The van der Waals surface area contributed by atoms with Crippen LogP contribution in [0.5, 0.6) is 0 Å². The summed E-state index contributed by atoms with van der Waals surface area (Å²) in [5.74, 6) is 0.592. The second kappa shape index (κ2) is 8.33. The number of likely N-dealkylation sites (tertiary alicyclic amines) is 1. The first-order valence-corrected chi connectivity index (χ1v) is 11.3. The Bertz CT molecular complexity index is 895. The number of hydrogen-bond acceptors (Lipinski definition) is 3. The first-order chi connectivity index (χ1) is 14.3. The molecule has 1 saturated heterocycles. The van der Waals surface area contributed by atoms with Crippen LogP contribution < -0.4 is 5.32 Å². The summed E-state index contributed by atoms with van der Waals surface area (Å²) in [5, 5.41) is 13.4. The molecule has 2 heterocycles. The van der Waals surface area contributed by atoms with Crippen LogP contribution in [0.4, 0.5) is 5.69 Å². The Labute approximate surface area is 174 Å². The lowest BCUT2D eigenvalue weighted by atomic mass is 9.85. The van der Waals surface area contributed by atoms with E-state index in [-0.39, 0.29) is 0 Å². The minimum absolute atomic E-state index is 0.397. The molecule has 0 saturated carbocycles. The lowest BCUT2D eigenvalue weighted by Gasteiger charge is -2.35. The van der Waals surface area contributed by atoms with E-state index in [1.807, 2.05) is 0 Å². The first kappa shape index (κ1) is 18.9. The molecular formula is C26H32N2O. The van der Waals surface area contributed by atoms with Crippen LogP contribution in [-0.4, -0.2) is 29.3 Å². The third-order valence-corrected chi connectivity index (χ3v) is 6.95. The van der Waals surface area contributed by atoms with E-state index < -0.39 is 6.23 Å². The molecule has 1 fully saturated rings. The summed E-state index contributed by atoms with van der Waals surface area (Å²) in [7, 11) is 0. The Morgan fingerprint density at radius 3 is 2.69 bits per heavy atom. The average Bonchev–Trinajstić information content (AvgIpc) is 3.29. The number of hydrogen-bond donors (Lipinski definition) is 2. The predicted molar refractivity (Wildman–Crippen MR) is 120 cm³/mol. The molecule has 1 unspecified atom stereocenters. The van der Waals surface area contributed by atoms with E-state index in [4.69, 9.17) is 0 Å². The molecule has 3 aliphatic rings. The molecule has 2 aromatic rings. The van der Waals surface area contributed by atoms with Gasteiger partial charge in [-0.25, -0.2) is 0 Å². The molecule has 29 heavy (non-hydrogen) atoms. The number of nitrogens with zero attached hydrogens (tertiary/aromatic N) is 1. The molecule has 0 radical (unpaired) electrons. The Balaban J connectivity index is 1.23. The number of anilines is 1. The van der Waals surface area contributed by atoms with Crippen molar-refractivity contribution >= 4 is 11.3 Å². The standard InChI is InChI=1S/C26H32N2O/c29-25-12-11-22-8-4-10-24(26(22)27-25)21-13-15-28(16-14-21)18-19-5-3-9-23(17-19)20-6-1-2-7-20/h3-6,8-10,17,21,25,27,29H,1-2,7,11-16,18H2. The number of para-hydroxylation sites is 1. The number of fused-ring (bicyclic) bond motifs is 1. The number of piperidine rings is 1. The fourth-order valence-electron chi connectivity index (χ4n) is 5.34. The van der Waals surface area contributed by atoms with E-state index in [0.29, 0.717) is 5.92 Å². The Hall–Kier alpha value is -2.10. The zero-order chi connectivity index (χ0) is 19.6. The third kappa shape index (κ3) is 4.12. The summed E-state index contributed by atoms with van der Waals surface area (Å²) in [6.07, 6.45) is 9.97. The predicted octanol–water partition coefficient (Wildman–Crippen LogP) is 5.31. The number of allylic oxidation sites excluding steroid dienone is 2. The van der Waals surface area contributed by atoms with Crippen LogP contribution >= 0.6 is 0 Å². The van der Waals surface area contributed by atoms with Crippen molar-refractivity contribution in [2.45, 2.75) is 63.6 Å². The van der Waals surface area contributed by atoms with Gasteiger partial charge in [0.1, 0.15) is 6.23 Å². The smallest absolute Gasteiger partial charge is 0.124 e.